The average molecular weight is 289 g/mol. The second kappa shape index (κ2) is 6.48. The number of phenolic OH excluding ortho intramolecular Hbond substituents is 1. The molecule has 0 saturated heterocycles. The summed E-state index contributed by atoms with van der Waals surface area (Å²) in [5.74, 6) is 0.345. The van der Waals surface area contributed by atoms with Crippen LogP contribution in [0.15, 0.2) is 36.4 Å². The third kappa shape index (κ3) is 3.66. The van der Waals surface area contributed by atoms with Crippen LogP contribution in [-0.2, 0) is 0 Å². The summed E-state index contributed by atoms with van der Waals surface area (Å²) < 4.78 is 18.5. The largest absolute Gasteiger partial charge is 0.507 e. The molecule has 3 nitrogen and oxygen atoms in total. The maximum atomic E-state index is 13.0. The Bertz CT molecular complexity index is 628. The van der Waals surface area contributed by atoms with Crippen LogP contribution in [0.3, 0.4) is 0 Å². The Morgan fingerprint density at radius 3 is 2.62 bits per heavy atom. The number of hydrogen-bond acceptors (Lipinski definition) is 3. The summed E-state index contributed by atoms with van der Waals surface area (Å²) in [4.78, 5) is 0. The molecule has 0 bridgehead atoms. The number of benzene rings is 2. The van der Waals surface area contributed by atoms with Crippen molar-refractivity contribution < 1.29 is 14.2 Å². The molecule has 0 heterocycles. The van der Waals surface area contributed by atoms with Crippen LogP contribution in [0.25, 0.3) is 0 Å². The molecule has 2 rings (SSSR count). The second-order valence-corrected chi connectivity index (χ2v) is 4.98. The van der Waals surface area contributed by atoms with E-state index >= 15 is 0 Å². The Kier molecular flexibility index (Phi) is 4.68. The summed E-state index contributed by atoms with van der Waals surface area (Å²) in [5.41, 5.74) is 2.66. The fourth-order valence-electron chi connectivity index (χ4n) is 2.25. The smallest absolute Gasteiger partial charge is 0.126 e. The number of halogens is 1. The molecule has 0 spiro atoms. The van der Waals surface area contributed by atoms with E-state index in [0.29, 0.717) is 12.2 Å². The van der Waals surface area contributed by atoms with Gasteiger partial charge in [0, 0.05) is 17.3 Å². The molecule has 2 N–H and O–H groups in total. The van der Waals surface area contributed by atoms with Gasteiger partial charge in [0.05, 0.1) is 12.6 Å². The van der Waals surface area contributed by atoms with Gasteiger partial charge in [0.25, 0.3) is 0 Å². The van der Waals surface area contributed by atoms with E-state index in [1.165, 1.54) is 6.07 Å². The summed E-state index contributed by atoms with van der Waals surface area (Å²) in [6, 6.07) is 9.72. The van der Waals surface area contributed by atoms with E-state index < -0.39 is 5.82 Å². The van der Waals surface area contributed by atoms with Gasteiger partial charge < -0.3 is 15.2 Å². The predicted molar refractivity (Wildman–Crippen MR) is 82.5 cm³/mol. The van der Waals surface area contributed by atoms with Crippen molar-refractivity contribution in [2.75, 3.05) is 11.9 Å². The molecule has 0 saturated carbocycles. The average Bonchev–Trinajstić information content (AvgIpc) is 2.42. The molecule has 0 radical (unpaired) electrons. The van der Waals surface area contributed by atoms with Crippen molar-refractivity contribution in [3.8, 4) is 11.5 Å². The quantitative estimate of drug-likeness (QED) is 0.856. The highest BCUT2D eigenvalue weighted by atomic mass is 19.1. The lowest BCUT2D eigenvalue weighted by atomic mass is 10.1. The minimum absolute atomic E-state index is 0.0430. The first kappa shape index (κ1) is 15.2. The van der Waals surface area contributed by atoms with Crippen LogP contribution in [-0.4, -0.2) is 11.7 Å². The van der Waals surface area contributed by atoms with Crippen molar-refractivity contribution in [3.63, 3.8) is 0 Å². The molecule has 21 heavy (non-hydrogen) atoms. The molecule has 0 aliphatic heterocycles. The van der Waals surface area contributed by atoms with Gasteiger partial charge in [-0.15, -0.1) is 0 Å². The number of hydrogen-bond donors (Lipinski definition) is 2. The molecule has 0 aromatic heterocycles. The van der Waals surface area contributed by atoms with Crippen molar-refractivity contribution in [2.45, 2.75) is 26.8 Å². The second-order valence-electron chi connectivity index (χ2n) is 4.98. The van der Waals surface area contributed by atoms with E-state index in [-0.39, 0.29) is 11.8 Å². The number of nitrogens with one attached hydrogen (secondary N) is 1. The molecule has 2 aromatic carbocycles. The zero-order valence-corrected chi connectivity index (χ0v) is 12.5. The summed E-state index contributed by atoms with van der Waals surface area (Å²) in [7, 11) is 0. The molecular formula is C17H20FNO2. The summed E-state index contributed by atoms with van der Waals surface area (Å²) in [6.45, 7) is 6.48. The lowest BCUT2D eigenvalue weighted by Crippen LogP contribution is -2.08. The van der Waals surface area contributed by atoms with E-state index in [0.717, 1.165) is 23.1 Å². The lowest BCUT2D eigenvalue weighted by Gasteiger charge is -2.19. The Morgan fingerprint density at radius 1 is 1.24 bits per heavy atom. The molecule has 0 amide bonds. The third-order valence-corrected chi connectivity index (χ3v) is 3.34. The van der Waals surface area contributed by atoms with Gasteiger partial charge in [-0.3, -0.25) is 0 Å². The maximum absolute atomic E-state index is 13.0. The predicted octanol–water partition coefficient (Wildman–Crippen LogP) is 4.41. The van der Waals surface area contributed by atoms with Crippen LogP contribution in [0.5, 0.6) is 11.5 Å². The summed E-state index contributed by atoms with van der Waals surface area (Å²) in [6.07, 6.45) is 0. The molecular weight excluding hydrogens is 269 g/mol. The highest BCUT2D eigenvalue weighted by Crippen LogP contribution is 2.29. The lowest BCUT2D eigenvalue weighted by molar-refractivity contribution is 0.340. The number of rotatable bonds is 5. The fourth-order valence-corrected chi connectivity index (χ4v) is 2.25. The Balaban J connectivity index is 2.17. The number of aromatic hydroxyl groups is 1. The molecule has 0 aliphatic rings. The topological polar surface area (TPSA) is 41.5 Å². The fraction of sp³-hybridized carbons (Fsp3) is 0.294. The van der Waals surface area contributed by atoms with Crippen molar-refractivity contribution >= 4 is 5.69 Å². The molecule has 1 atom stereocenters. The van der Waals surface area contributed by atoms with Crippen molar-refractivity contribution in [2.24, 2.45) is 0 Å². The zero-order chi connectivity index (χ0) is 15.4. The van der Waals surface area contributed by atoms with Crippen LogP contribution >= 0.6 is 0 Å². The minimum atomic E-state index is -0.444. The van der Waals surface area contributed by atoms with Crippen LogP contribution < -0.4 is 10.1 Å². The molecule has 1 unspecified atom stereocenters. The van der Waals surface area contributed by atoms with E-state index in [1.807, 2.05) is 39.0 Å². The normalized spacial score (nSPS) is 12.0. The SMILES string of the molecule is CCOc1ccc(NC(C)c2ccc(F)cc2O)c(C)c1. The minimum Gasteiger partial charge on any atom is -0.507 e. The molecule has 0 fully saturated rings. The van der Waals surface area contributed by atoms with Crippen molar-refractivity contribution in [3.05, 3.63) is 53.3 Å². The Labute approximate surface area is 124 Å². The Morgan fingerprint density at radius 2 is 2.00 bits per heavy atom. The van der Waals surface area contributed by atoms with Gasteiger partial charge in [0.1, 0.15) is 17.3 Å². The van der Waals surface area contributed by atoms with Crippen LogP contribution in [0.4, 0.5) is 10.1 Å². The van der Waals surface area contributed by atoms with Gasteiger partial charge in [-0.05, 0) is 50.6 Å². The van der Waals surface area contributed by atoms with Gasteiger partial charge in [-0.25, -0.2) is 4.39 Å². The van der Waals surface area contributed by atoms with Crippen molar-refractivity contribution in [1.82, 2.24) is 0 Å². The monoisotopic (exact) mass is 289 g/mol. The van der Waals surface area contributed by atoms with Crippen LogP contribution in [0, 0.1) is 12.7 Å². The van der Waals surface area contributed by atoms with Crippen LogP contribution in [0.2, 0.25) is 0 Å². The van der Waals surface area contributed by atoms with E-state index in [2.05, 4.69) is 5.32 Å². The molecule has 2 aromatic rings. The van der Waals surface area contributed by atoms with E-state index in [4.69, 9.17) is 4.74 Å². The van der Waals surface area contributed by atoms with Gasteiger partial charge in [-0.2, -0.15) is 0 Å². The first-order chi connectivity index (χ1) is 10.0. The highest BCUT2D eigenvalue weighted by Gasteiger charge is 2.12. The van der Waals surface area contributed by atoms with Crippen LogP contribution in [0.1, 0.15) is 31.0 Å². The molecule has 112 valence electrons. The van der Waals surface area contributed by atoms with Gasteiger partial charge in [0.2, 0.25) is 0 Å². The highest BCUT2D eigenvalue weighted by molar-refractivity contribution is 5.55. The standard InChI is InChI=1S/C17H20FNO2/c1-4-21-14-6-8-16(11(2)9-14)19-12(3)15-7-5-13(18)10-17(15)20/h5-10,12,19-20H,4H2,1-3H3. The van der Waals surface area contributed by atoms with Gasteiger partial charge in [-0.1, -0.05) is 6.07 Å². The third-order valence-electron chi connectivity index (χ3n) is 3.34. The summed E-state index contributed by atoms with van der Waals surface area (Å²) >= 11 is 0. The molecule has 0 aliphatic carbocycles. The number of phenols is 1. The summed E-state index contributed by atoms with van der Waals surface area (Å²) in [5, 5.41) is 13.1. The van der Waals surface area contributed by atoms with Crippen molar-refractivity contribution in [1.29, 1.82) is 0 Å². The number of ether oxygens (including phenoxy) is 1. The van der Waals surface area contributed by atoms with Gasteiger partial charge in [0.15, 0.2) is 0 Å². The zero-order valence-electron chi connectivity index (χ0n) is 12.5. The van der Waals surface area contributed by atoms with Gasteiger partial charge >= 0.3 is 0 Å². The maximum Gasteiger partial charge on any atom is 0.126 e. The number of anilines is 1. The Hall–Kier alpha value is -2.23. The van der Waals surface area contributed by atoms with E-state index in [9.17, 15) is 9.50 Å². The van der Waals surface area contributed by atoms with E-state index in [1.54, 1.807) is 6.07 Å². The first-order valence-electron chi connectivity index (χ1n) is 6.99. The molecule has 4 heteroatoms. The first-order valence-corrected chi connectivity index (χ1v) is 6.99. The number of aryl methyl sites for hydroxylation is 1.